The fourth-order valence-electron chi connectivity index (χ4n) is 0.345. The summed E-state index contributed by atoms with van der Waals surface area (Å²) in [5.41, 5.74) is 0. The van der Waals surface area contributed by atoms with Gasteiger partial charge < -0.3 is 9.47 Å². The van der Waals surface area contributed by atoms with E-state index in [4.69, 9.17) is 0 Å². The van der Waals surface area contributed by atoms with Gasteiger partial charge in [0.1, 0.15) is 0 Å². The largest absolute Gasteiger partial charge is 0.510 e. The molecule has 0 aromatic heterocycles. The minimum atomic E-state index is -1.95. The predicted molar refractivity (Wildman–Crippen MR) is 33.3 cm³/mol. The SMILES string of the molecule is CCOC(=O)OC(C)(C)F. The lowest BCUT2D eigenvalue weighted by Gasteiger charge is -2.13. The molecule has 3 nitrogen and oxygen atoms in total. The van der Waals surface area contributed by atoms with Crippen molar-refractivity contribution in [2.45, 2.75) is 26.6 Å². The van der Waals surface area contributed by atoms with Crippen molar-refractivity contribution in [3.63, 3.8) is 0 Å². The molecule has 0 aliphatic rings. The quantitative estimate of drug-likeness (QED) is 0.563. The number of rotatable bonds is 2. The molecule has 0 bridgehead atoms. The number of hydrogen-bond acceptors (Lipinski definition) is 3. The Morgan fingerprint density at radius 2 is 2.10 bits per heavy atom. The van der Waals surface area contributed by atoms with E-state index in [2.05, 4.69) is 9.47 Å². The van der Waals surface area contributed by atoms with Crippen LogP contribution in [0.1, 0.15) is 20.8 Å². The summed E-state index contributed by atoms with van der Waals surface area (Å²) in [7, 11) is 0. The highest BCUT2D eigenvalue weighted by Gasteiger charge is 2.21. The predicted octanol–water partition coefficient (Wildman–Crippen LogP) is 1.87. The Hall–Kier alpha value is -0.800. The molecule has 0 heterocycles. The molecule has 0 saturated heterocycles. The maximum Gasteiger partial charge on any atom is 0.510 e. The van der Waals surface area contributed by atoms with Gasteiger partial charge in [0.15, 0.2) is 0 Å². The lowest BCUT2D eigenvalue weighted by atomic mass is 10.4. The molecular formula is C6H11FO3. The lowest BCUT2D eigenvalue weighted by molar-refractivity contribution is -0.0917. The Kier molecular flexibility index (Phi) is 3.12. The van der Waals surface area contributed by atoms with Gasteiger partial charge in [-0.2, -0.15) is 4.39 Å². The van der Waals surface area contributed by atoms with Crippen LogP contribution in [0.15, 0.2) is 0 Å². The Bertz CT molecular complexity index is 117. The first-order valence-electron chi connectivity index (χ1n) is 3.00. The van der Waals surface area contributed by atoms with E-state index in [1.807, 2.05) is 0 Å². The summed E-state index contributed by atoms with van der Waals surface area (Å²) in [4.78, 5) is 10.4. The summed E-state index contributed by atoms with van der Waals surface area (Å²) in [6.07, 6.45) is -0.977. The van der Waals surface area contributed by atoms with Crippen LogP contribution in [0.25, 0.3) is 0 Å². The molecule has 0 rings (SSSR count). The third-order valence-electron chi connectivity index (χ3n) is 0.588. The number of hydrogen-bond donors (Lipinski definition) is 0. The van der Waals surface area contributed by atoms with Gasteiger partial charge >= 0.3 is 6.16 Å². The molecule has 10 heavy (non-hydrogen) atoms. The van der Waals surface area contributed by atoms with Crippen molar-refractivity contribution in [1.82, 2.24) is 0 Å². The number of alkyl halides is 1. The van der Waals surface area contributed by atoms with E-state index in [9.17, 15) is 9.18 Å². The van der Waals surface area contributed by atoms with Gasteiger partial charge in [0.2, 0.25) is 5.85 Å². The van der Waals surface area contributed by atoms with Gasteiger partial charge in [-0.15, -0.1) is 0 Å². The molecule has 0 aromatic rings. The van der Waals surface area contributed by atoms with Gasteiger partial charge in [-0.05, 0) is 6.92 Å². The van der Waals surface area contributed by atoms with E-state index in [0.29, 0.717) is 0 Å². The van der Waals surface area contributed by atoms with Crippen molar-refractivity contribution in [3.8, 4) is 0 Å². The minimum Gasteiger partial charge on any atom is -0.435 e. The second kappa shape index (κ2) is 3.39. The van der Waals surface area contributed by atoms with Crippen molar-refractivity contribution in [1.29, 1.82) is 0 Å². The van der Waals surface area contributed by atoms with Crippen molar-refractivity contribution in [3.05, 3.63) is 0 Å². The Labute approximate surface area is 59.1 Å². The van der Waals surface area contributed by atoms with Crippen LogP contribution in [-0.2, 0) is 9.47 Å². The van der Waals surface area contributed by atoms with E-state index >= 15 is 0 Å². The minimum absolute atomic E-state index is 0.189. The van der Waals surface area contributed by atoms with Crippen molar-refractivity contribution in [2.24, 2.45) is 0 Å². The fraction of sp³-hybridized carbons (Fsp3) is 0.833. The van der Waals surface area contributed by atoms with E-state index < -0.39 is 12.0 Å². The highest BCUT2D eigenvalue weighted by Crippen LogP contribution is 2.10. The molecular weight excluding hydrogens is 139 g/mol. The molecule has 0 radical (unpaired) electrons. The van der Waals surface area contributed by atoms with Crippen molar-refractivity contribution < 1.29 is 18.7 Å². The first kappa shape index (κ1) is 9.20. The van der Waals surface area contributed by atoms with E-state index in [1.54, 1.807) is 6.92 Å². The summed E-state index contributed by atoms with van der Waals surface area (Å²) >= 11 is 0. The molecule has 60 valence electrons. The number of carbonyl (C=O) groups is 1. The van der Waals surface area contributed by atoms with Crippen molar-refractivity contribution in [2.75, 3.05) is 6.61 Å². The lowest BCUT2D eigenvalue weighted by Crippen LogP contribution is -2.22. The summed E-state index contributed by atoms with van der Waals surface area (Å²) < 4.78 is 20.9. The topological polar surface area (TPSA) is 35.5 Å². The average Bonchev–Trinajstić information content (AvgIpc) is 1.59. The summed E-state index contributed by atoms with van der Waals surface area (Å²) in [6, 6.07) is 0. The first-order chi connectivity index (χ1) is 4.45. The van der Waals surface area contributed by atoms with Crippen LogP contribution in [-0.4, -0.2) is 18.6 Å². The van der Waals surface area contributed by atoms with E-state index in [1.165, 1.54) is 0 Å². The van der Waals surface area contributed by atoms with Gasteiger partial charge in [-0.1, -0.05) is 0 Å². The summed E-state index contributed by atoms with van der Waals surface area (Å²) in [5.74, 6) is -1.95. The Morgan fingerprint density at radius 1 is 1.60 bits per heavy atom. The Balaban J connectivity index is 3.58. The van der Waals surface area contributed by atoms with Crippen molar-refractivity contribution >= 4 is 6.16 Å². The summed E-state index contributed by atoms with van der Waals surface area (Å²) in [5, 5.41) is 0. The van der Waals surface area contributed by atoms with Crippen LogP contribution in [0.5, 0.6) is 0 Å². The van der Waals surface area contributed by atoms with Crippen LogP contribution in [0.2, 0.25) is 0 Å². The first-order valence-corrected chi connectivity index (χ1v) is 3.00. The van der Waals surface area contributed by atoms with Crippen LogP contribution >= 0.6 is 0 Å². The second-order valence-corrected chi connectivity index (χ2v) is 2.15. The number of ether oxygens (including phenoxy) is 2. The molecule has 0 aliphatic carbocycles. The third kappa shape index (κ3) is 5.34. The maximum atomic E-state index is 12.4. The summed E-state index contributed by atoms with van der Waals surface area (Å²) in [6.45, 7) is 4.06. The number of carbonyl (C=O) groups excluding carboxylic acids is 1. The molecule has 0 aromatic carbocycles. The standard InChI is InChI=1S/C6H11FO3/c1-4-9-5(8)10-6(2,3)7/h4H2,1-3H3. The molecule has 0 N–H and O–H groups in total. The molecule has 0 atom stereocenters. The molecule has 0 unspecified atom stereocenters. The third-order valence-corrected chi connectivity index (χ3v) is 0.588. The van der Waals surface area contributed by atoms with Gasteiger partial charge in [-0.3, -0.25) is 0 Å². The fourth-order valence-corrected chi connectivity index (χ4v) is 0.345. The Morgan fingerprint density at radius 3 is 2.40 bits per heavy atom. The molecule has 4 heteroatoms. The number of halogens is 1. The molecule has 0 fully saturated rings. The molecule has 0 saturated carbocycles. The maximum absolute atomic E-state index is 12.4. The van der Waals surface area contributed by atoms with Crippen LogP contribution in [0.3, 0.4) is 0 Å². The molecule has 0 amide bonds. The van der Waals surface area contributed by atoms with Crippen LogP contribution in [0, 0.1) is 0 Å². The van der Waals surface area contributed by atoms with Crippen LogP contribution in [0.4, 0.5) is 9.18 Å². The second-order valence-electron chi connectivity index (χ2n) is 2.15. The van der Waals surface area contributed by atoms with E-state index in [0.717, 1.165) is 13.8 Å². The molecule has 0 aliphatic heterocycles. The van der Waals surface area contributed by atoms with E-state index in [-0.39, 0.29) is 6.61 Å². The van der Waals surface area contributed by atoms with Gasteiger partial charge in [0, 0.05) is 13.8 Å². The zero-order valence-corrected chi connectivity index (χ0v) is 6.31. The van der Waals surface area contributed by atoms with Crippen LogP contribution < -0.4 is 0 Å². The zero-order chi connectivity index (χ0) is 8.20. The monoisotopic (exact) mass is 150 g/mol. The van der Waals surface area contributed by atoms with Gasteiger partial charge in [0.25, 0.3) is 0 Å². The van der Waals surface area contributed by atoms with Gasteiger partial charge in [0.05, 0.1) is 6.61 Å². The average molecular weight is 150 g/mol. The molecule has 0 spiro atoms. The highest BCUT2D eigenvalue weighted by molar-refractivity contribution is 5.60. The zero-order valence-electron chi connectivity index (χ0n) is 6.31. The highest BCUT2D eigenvalue weighted by atomic mass is 19.2. The smallest absolute Gasteiger partial charge is 0.435 e. The van der Waals surface area contributed by atoms with Gasteiger partial charge in [-0.25, -0.2) is 4.79 Å². The normalized spacial score (nSPS) is 10.8.